The summed E-state index contributed by atoms with van der Waals surface area (Å²) in [6, 6.07) is 8.26. The van der Waals surface area contributed by atoms with E-state index in [4.69, 9.17) is 0 Å². The van der Waals surface area contributed by atoms with Crippen molar-refractivity contribution in [2.75, 3.05) is 18.1 Å². The fourth-order valence-corrected chi connectivity index (χ4v) is 2.76. The Morgan fingerprint density at radius 1 is 1.29 bits per heavy atom. The highest BCUT2D eigenvalue weighted by Crippen LogP contribution is 2.15. The highest BCUT2D eigenvalue weighted by molar-refractivity contribution is 7.91. The third-order valence-electron chi connectivity index (χ3n) is 3.50. The molecule has 1 unspecified atom stereocenters. The van der Waals surface area contributed by atoms with Gasteiger partial charge in [-0.1, -0.05) is 19.1 Å². The van der Waals surface area contributed by atoms with Gasteiger partial charge >= 0.3 is 0 Å². The molecule has 114 valence electrons. The number of benzene rings is 1. The Morgan fingerprint density at radius 2 is 2.00 bits per heavy atom. The van der Waals surface area contributed by atoms with Gasteiger partial charge in [-0.3, -0.25) is 0 Å². The number of nitrogens with one attached hydrogen (secondary N) is 1. The topological polar surface area (TPSA) is 64.0 Å². The summed E-state index contributed by atoms with van der Waals surface area (Å²) >= 11 is 0. The van der Waals surface area contributed by atoms with Crippen LogP contribution in [-0.2, 0) is 9.84 Å². The van der Waals surface area contributed by atoms with Gasteiger partial charge in [-0.2, -0.15) is 0 Å². The van der Waals surface area contributed by atoms with Gasteiger partial charge in [0.05, 0.1) is 12.1 Å². The first-order chi connectivity index (χ1) is 10.0. The standard InChI is InChI=1S/C15H21N3O2S/c1-3-21(19,20)11-9-17-13(2)14-4-6-15(7-5-14)18-10-8-16-12-18/h4-8,10,12-13,17H,3,9,11H2,1-2H3. The van der Waals surface area contributed by atoms with Crippen LogP contribution in [0.5, 0.6) is 0 Å². The Morgan fingerprint density at radius 3 is 2.57 bits per heavy atom. The molecule has 0 saturated heterocycles. The van der Waals surface area contributed by atoms with E-state index in [1.165, 1.54) is 0 Å². The number of rotatable bonds is 7. The summed E-state index contributed by atoms with van der Waals surface area (Å²) in [7, 11) is -2.91. The molecular weight excluding hydrogens is 286 g/mol. The third-order valence-corrected chi connectivity index (χ3v) is 5.20. The van der Waals surface area contributed by atoms with Crippen molar-refractivity contribution in [1.82, 2.24) is 14.9 Å². The van der Waals surface area contributed by atoms with Gasteiger partial charge in [0.2, 0.25) is 0 Å². The van der Waals surface area contributed by atoms with E-state index in [1.54, 1.807) is 19.4 Å². The van der Waals surface area contributed by atoms with Crippen molar-refractivity contribution < 1.29 is 8.42 Å². The number of aromatic nitrogens is 2. The summed E-state index contributed by atoms with van der Waals surface area (Å²) in [5, 5.41) is 3.25. The Kier molecular flexibility index (Phi) is 5.14. The maximum absolute atomic E-state index is 11.4. The second kappa shape index (κ2) is 6.87. The van der Waals surface area contributed by atoms with E-state index in [0.29, 0.717) is 6.54 Å². The predicted molar refractivity (Wildman–Crippen MR) is 84.3 cm³/mol. The minimum atomic E-state index is -2.91. The molecule has 5 nitrogen and oxygen atoms in total. The second-order valence-electron chi connectivity index (χ2n) is 4.97. The molecule has 0 amide bonds. The predicted octanol–water partition coefficient (Wildman–Crippen LogP) is 1.96. The molecule has 2 rings (SSSR count). The molecule has 1 aromatic heterocycles. The Hall–Kier alpha value is -1.66. The molecule has 2 aromatic rings. The van der Waals surface area contributed by atoms with Crippen LogP contribution in [-0.4, -0.2) is 36.0 Å². The monoisotopic (exact) mass is 307 g/mol. The van der Waals surface area contributed by atoms with Crippen LogP contribution in [0.25, 0.3) is 5.69 Å². The lowest BCUT2D eigenvalue weighted by molar-refractivity contribution is 0.573. The zero-order valence-electron chi connectivity index (χ0n) is 12.4. The summed E-state index contributed by atoms with van der Waals surface area (Å²) in [4.78, 5) is 4.02. The van der Waals surface area contributed by atoms with Crippen LogP contribution in [0.15, 0.2) is 43.0 Å². The van der Waals surface area contributed by atoms with Crippen molar-refractivity contribution in [2.45, 2.75) is 19.9 Å². The van der Waals surface area contributed by atoms with Gasteiger partial charge in [0.15, 0.2) is 9.84 Å². The lowest BCUT2D eigenvalue weighted by Gasteiger charge is -2.15. The minimum absolute atomic E-state index is 0.119. The largest absolute Gasteiger partial charge is 0.309 e. The maximum atomic E-state index is 11.4. The van der Waals surface area contributed by atoms with Gasteiger partial charge in [-0.25, -0.2) is 13.4 Å². The van der Waals surface area contributed by atoms with Gasteiger partial charge in [-0.05, 0) is 24.6 Å². The van der Waals surface area contributed by atoms with E-state index in [-0.39, 0.29) is 17.5 Å². The number of nitrogens with zero attached hydrogens (tertiary/aromatic N) is 2. The molecule has 0 aliphatic rings. The van der Waals surface area contributed by atoms with Gasteiger partial charge in [0.25, 0.3) is 0 Å². The molecule has 0 aliphatic carbocycles. The van der Waals surface area contributed by atoms with E-state index in [1.807, 2.05) is 42.0 Å². The molecule has 1 heterocycles. The van der Waals surface area contributed by atoms with Crippen molar-refractivity contribution in [1.29, 1.82) is 0 Å². The summed E-state index contributed by atoms with van der Waals surface area (Å²) in [6.45, 7) is 4.18. The van der Waals surface area contributed by atoms with Crippen LogP contribution < -0.4 is 5.32 Å². The first kappa shape index (κ1) is 15.7. The first-order valence-electron chi connectivity index (χ1n) is 7.04. The minimum Gasteiger partial charge on any atom is -0.309 e. The highest BCUT2D eigenvalue weighted by Gasteiger charge is 2.09. The average Bonchev–Trinajstić information content (AvgIpc) is 3.01. The molecule has 0 aliphatic heterocycles. The zero-order chi connectivity index (χ0) is 15.3. The molecule has 1 atom stereocenters. The van der Waals surface area contributed by atoms with Crippen molar-refractivity contribution in [3.8, 4) is 5.69 Å². The molecule has 1 N–H and O–H groups in total. The number of hydrogen-bond donors (Lipinski definition) is 1. The molecule has 0 radical (unpaired) electrons. The van der Waals surface area contributed by atoms with Gasteiger partial charge in [0.1, 0.15) is 0 Å². The van der Waals surface area contributed by atoms with Crippen molar-refractivity contribution in [2.24, 2.45) is 0 Å². The summed E-state index contributed by atoms with van der Waals surface area (Å²) in [6.07, 6.45) is 5.39. The Balaban J connectivity index is 1.93. The molecule has 0 spiro atoms. The SMILES string of the molecule is CCS(=O)(=O)CCNC(C)c1ccc(-n2ccnc2)cc1. The van der Waals surface area contributed by atoms with E-state index in [2.05, 4.69) is 10.3 Å². The van der Waals surface area contributed by atoms with E-state index >= 15 is 0 Å². The quantitative estimate of drug-likeness (QED) is 0.849. The summed E-state index contributed by atoms with van der Waals surface area (Å²) in [5.74, 6) is 0.379. The van der Waals surface area contributed by atoms with Gasteiger partial charge in [-0.15, -0.1) is 0 Å². The van der Waals surface area contributed by atoms with E-state index in [9.17, 15) is 8.42 Å². The second-order valence-corrected chi connectivity index (χ2v) is 7.45. The summed E-state index contributed by atoms with van der Waals surface area (Å²) < 4.78 is 24.8. The lowest BCUT2D eigenvalue weighted by Crippen LogP contribution is -2.26. The lowest BCUT2D eigenvalue weighted by atomic mass is 10.1. The molecule has 1 aromatic carbocycles. The summed E-state index contributed by atoms with van der Waals surface area (Å²) in [5.41, 5.74) is 2.18. The van der Waals surface area contributed by atoms with Crippen LogP contribution in [0.4, 0.5) is 0 Å². The molecular formula is C15H21N3O2S. The van der Waals surface area contributed by atoms with Crippen LogP contribution >= 0.6 is 0 Å². The van der Waals surface area contributed by atoms with Crippen LogP contribution in [0.3, 0.4) is 0 Å². The fourth-order valence-electron chi connectivity index (χ4n) is 2.04. The molecule has 0 fully saturated rings. The van der Waals surface area contributed by atoms with Crippen molar-refractivity contribution in [3.05, 3.63) is 48.5 Å². The Labute approximate surface area is 125 Å². The third kappa shape index (κ3) is 4.41. The van der Waals surface area contributed by atoms with Crippen LogP contribution in [0.2, 0.25) is 0 Å². The highest BCUT2D eigenvalue weighted by atomic mass is 32.2. The maximum Gasteiger partial charge on any atom is 0.151 e. The molecule has 0 bridgehead atoms. The number of hydrogen-bond acceptors (Lipinski definition) is 4. The van der Waals surface area contributed by atoms with Crippen molar-refractivity contribution >= 4 is 9.84 Å². The van der Waals surface area contributed by atoms with E-state index < -0.39 is 9.84 Å². The van der Waals surface area contributed by atoms with Crippen molar-refractivity contribution in [3.63, 3.8) is 0 Å². The van der Waals surface area contributed by atoms with Crippen LogP contribution in [0, 0.1) is 0 Å². The fraction of sp³-hybridized carbons (Fsp3) is 0.400. The molecule has 6 heteroatoms. The van der Waals surface area contributed by atoms with Gasteiger partial charge < -0.3 is 9.88 Å². The molecule has 21 heavy (non-hydrogen) atoms. The Bertz CT molecular complexity index is 649. The normalized spacial score (nSPS) is 13.2. The number of imidazole rings is 1. The molecule has 0 saturated carbocycles. The smallest absolute Gasteiger partial charge is 0.151 e. The van der Waals surface area contributed by atoms with Gasteiger partial charge in [0, 0.05) is 36.4 Å². The van der Waals surface area contributed by atoms with Crippen LogP contribution in [0.1, 0.15) is 25.5 Å². The average molecular weight is 307 g/mol. The van der Waals surface area contributed by atoms with E-state index in [0.717, 1.165) is 11.3 Å². The number of sulfone groups is 1. The zero-order valence-corrected chi connectivity index (χ0v) is 13.2. The first-order valence-corrected chi connectivity index (χ1v) is 8.86.